The Balaban J connectivity index is 1.92. The highest BCUT2D eigenvalue weighted by molar-refractivity contribution is 7.85. The van der Waals surface area contributed by atoms with Crippen LogP contribution in [0.2, 0.25) is 0 Å². The van der Waals surface area contributed by atoms with Crippen molar-refractivity contribution in [1.29, 1.82) is 0 Å². The Hall–Kier alpha value is -0.910. The second kappa shape index (κ2) is 4.16. The van der Waals surface area contributed by atoms with E-state index in [1.807, 2.05) is 13.0 Å². The third-order valence-corrected chi connectivity index (χ3v) is 3.53. The number of rotatable bonds is 5. The summed E-state index contributed by atoms with van der Waals surface area (Å²) in [5.41, 5.74) is 0.327. The summed E-state index contributed by atoms with van der Waals surface area (Å²) in [6, 6.07) is 8.97. The van der Waals surface area contributed by atoms with E-state index in [0.29, 0.717) is 6.61 Å². The number of hydrogen-bond acceptors (Lipinski definition) is 4. The van der Waals surface area contributed by atoms with Crippen molar-refractivity contribution in [1.82, 2.24) is 0 Å². The minimum Gasteiger partial charge on any atom is -0.367 e. The van der Waals surface area contributed by atoms with E-state index in [4.69, 9.17) is 8.92 Å². The smallest absolute Gasteiger partial charge is 0.271 e. The van der Waals surface area contributed by atoms with Crippen LogP contribution >= 0.6 is 0 Å². The third-order valence-electron chi connectivity index (χ3n) is 2.37. The van der Waals surface area contributed by atoms with Crippen LogP contribution < -0.4 is 0 Å². The van der Waals surface area contributed by atoms with E-state index in [1.54, 1.807) is 24.3 Å². The van der Waals surface area contributed by atoms with Crippen molar-refractivity contribution in [3.63, 3.8) is 0 Å². The summed E-state index contributed by atoms with van der Waals surface area (Å²) in [7, 11) is -3.51. The Morgan fingerprint density at radius 3 is 2.56 bits per heavy atom. The molecular weight excluding hydrogens is 228 g/mol. The maximum Gasteiger partial charge on any atom is 0.271 e. The highest BCUT2D eigenvalue weighted by atomic mass is 32.2. The molecule has 1 fully saturated rings. The lowest BCUT2D eigenvalue weighted by atomic mass is 10.2. The zero-order valence-corrected chi connectivity index (χ0v) is 9.87. The van der Waals surface area contributed by atoms with Crippen LogP contribution in [0.4, 0.5) is 0 Å². The average Bonchev–Trinajstić information content (AvgIpc) is 2.96. The minimum atomic E-state index is -3.51. The quantitative estimate of drug-likeness (QED) is 0.577. The molecule has 0 spiro atoms. The summed E-state index contributed by atoms with van der Waals surface area (Å²) in [5, 5.41) is 0. The first-order valence-corrected chi connectivity index (χ1v) is 6.62. The molecule has 16 heavy (non-hydrogen) atoms. The molecule has 0 saturated carbocycles. The average molecular weight is 242 g/mol. The third kappa shape index (κ3) is 3.30. The SMILES string of the molecule is C[C@@]1(COS(=O)(=O)Cc2ccccc2)CO1. The van der Waals surface area contributed by atoms with Crippen molar-refractivity contribution in [2.75, 3.05) is 13.2 Å². The Morgan fingerprint density at radius 1 is 1.38 bits per heavy atom. The van der Waals surface area contributed by atoms with Gasteiger partial charge in [-0.3, -0.25) is 4.18 Å². The molecule has 1 atom stereocenters. The van der Waals surface area contributed by atoms with E-state index in [0.717, 1.165) is 5.56 Å². The van der Waals surface area contributed by atoms with E-state index in [1.165, 1.54) is 0 Å². The largest absolute Gasteiger partial charge is 0.367 e. The summed E-state index contributed by atoms with van der Waals surface area (Å²) in [4.78, 5) is 0. The second-order valence-electron chi connectivity index (χ2n) is 4.19. The van der Waals surface area contributed by atoms with Crippen LogP contribution in [0.1, 0.15) is 12.5 Å². The molecule has 0 aromatic heterocycles. The van der Waals surface area contributed by atoms with Gasteiger partial charge in [0, 0.05) is 0 Å². The molecule has 0 amide bonds. The fourth-order valence-electron chi connectivity index (χ4n) is 1.24. The molecule has 0 N–H and O–H groups in total. The van der Waals surface area contributed by atoms with Crippen molar-refractivity contribution in [2.45, 2.75) is 18.3 Å². The monoisotopic (exact) mass is 242 g/mol. The first-order chi connectivity index (χ1) is 7.49. The van der Waals surface area contributed by atoms with Crippen LogP contribution in [0.15, 0.2) is 30.3 Å². The molecule has 0 unspecified atom stereocenters. The molecule has 2 rings (SSSR count). The first kappa shape index (κ1) is 11.6. The van der Waals surface area contributed by atoms with Crippen LogP contribution in [0.3, 0.4) is 0 Å². The highest BCUT2D eigenvalue weighted by Crippen LogP contribution is 2.26. The lowest BCUT2D eigenvalue weighted by molar-refractivity contribution is 0.206. The molecular formula is C11H14O4S. The molecule has 88 valence electrons. The lowest BCUT2D eigenvalue weighted by Crippen LogP contribution is -2.19. The molecule has 1 aliphatic rings. The summed E-state index contributed by atoms with van der Waals surface area (Å²) < 4.78 is 33.2. The van der Waals surface area contributed by atoms with Gasteiger partial charge in [0.2, 0.25) is 0 Å². The number of ether oxygens (including phenoxy) is 1. The molecule has 1 aromatic carbocycles. The van der Waals surface area contributed by atoms with Gasteiger partial charge in [-0.25, -0.2) is 0 Å². The van der Waals surface area contributed by atoms with Gasteiger partial charge in [-0.1, -0.05) is 30.3 Å². The maximum atomic E-state index is 11.6. The zero-order chi connectivity index (χ0) is 11.6. The van der Waals surface area contributed by atoms with Gasteiger partial charge >= 0.3 is 0 Å². The Bertz CT molecular complexity index is 448. The molecule has 0 radical (unpaired) electrons. The van der Waals surface area contributed by atoms with E-state index in [9.17, 15) is 8.42 Å². The van der Waals surface area contributed by atoms with Gasteiger partial charge in [-0.05, 0) is 12.5 Å². The van der Waals surface area contributed by atoms with Crippen molar-refractivity contribution in [3.8, 4) is 0 Å². The fourth-order valence-corrected chi connectivity index (χ4v) is 2.35. The number of benzene rings is 1. The second-order valence-corrected chi connectivity index (χ2v) is 5.83. The molecule has 4 nitrogen and oxygen atoms in total. The Morgan fingerprint density at radius 2 is 2.00 bits per heavy atom. The summed E-state index contributed by atoms with van der Waals surface area (Å²) in [6.45, 7) is 2.49. The summed E-state index contributed by atoms with van der Waals surface area (Å²) in [5.74, 6) is -0.0933. The van der Waals surface area contributed by atoms with Gasteiger partial charge in [0.15, 0.2) is 0 Å². The standard InChI is InChI=1S/C11H14O4S/c1-11(8-14-11)9-15-16(12,13)7-10-5-3-2-4-6-10/h2-6H,7-9H2,1H3/t11-/m0/s1. The normalized spacial score (nSPS) is 24.3. The molecule has 1 aromatic rings. The van der Waals surface area contributed by atoms with E-state index < -0.39 is 15.7 Å². The molecule has 0 bridgehead atoms. The van der Waals surface area contributed by atoms with Crippen LogP contribution in [0, 0.1) is 0 Å². The van der Waals surface area contributed by atoms with Crippen molar-refractivity contribution in [3.05, 3.63) is 35.9 Å². The predicted octanol–water partition coefficient (Wildman–Crippen LogP) is 1.32. The van der Waals surface area contributed by atoms with Crippen LogP contribution in [-0.4, -0.2) is 27.2 Å². The van der Waals surface area contributed by atoms with Gasteiger partial charge in [-0.15, -0.1) is 0 Å². The molecule has 0 aliphatic carbocycles. The molecule has 1 heterocycles. The van der Waals surface area contributed by atoms with E-state index >= 15 is 0 Å². The van der Waals surface area contributed by atoms with Crippen molar-refractivity contribution >= 4 is 10.1 Å². The number of epoxide rings is 1. The van der Waals surface area contributed by atoms with E-state index in [2.05, 4.69) is 0 Å². The van der Waals surface area contributed by atoms with Crippen LogP contribution in [0.5, 0.6) is 0 Å². The number of hydrogen-bond donors (Lipinski definition) is 0. The van der Waals surface area contributed by atoms with Crippen LogP contribution in [0.25, 0.3) is 0 Å². The predicted molar refractivity (Wildman–Crippen MR) is 59.4 cm³/mol. The van der Waals surface area contributed by atoms with Gasteiger partial charge in [0.05, 0.1) is 13.2 Å². The van der Waals surface area contributed by atoms with Crippen molar-refractivity contribution in [2.24, 2.45) is 0 Å². The lowest BCUT2D eigenvalue weighted by Gasteiger charge is -2.07. The maximum absolute atomic E-state index is 11.6. The minimum absolute atomic E-state index is 0.0933. The van der Waals surface area contributed by atoms with Gasteiger partial charge in [-0.2, -0.15) is 8.42 Å². The van der Waals surface area contributed by atoms with Gasteiger partial charge < -0.3 is 4.74 Å². The van der Waals surface area contributed by atoms with Crippen molar-refractivity contribution < 1.29 is 17.3 Å². The highest BCUT2D eigenvalue weighted by Gasteiger charge is 2.41. The van der Waals surface area contributed by atoms with E-state index in [-0.39, 0.29) is 12.4 Å². The van der Waals surface area contributed by atoms with Gasteiger partial charge in [0.25, 0.3) is 10.1 Å². The molecule has 1 aliphatic heterocycles. The Labute approximate surface area is 95.3 Å². The summed E-state index contributed by atoms with van der Waals surface area (Å²) in [6.07, 6.45) is 0. The summed E-state index contributed by atoms with van der Waals surface area (Å²) >= 11 is 0. The fraction of sp³-hybridized carbons (Fsp3) is 0.455. The molecule has 1 saturated heterocycles. The topological polar surface area (TPSA) is 55.9 Å². The first-order valence-electron chi connectivity index (χ1n) is 5.04. The van der Waals surface area contributed by atoms with Crippen LogP contribution in [-0.2, 0) is 24.8 Å². The molecule has 5 heteroatoms. The van der Waals surface area contributed by atoms with Gasteiger partial charge in [0.1, 0.15) is 11.4 Å². The zero-order valence-electron chi connectivity index (χ0n) is 9.05. The Kier molecular flexibility index (Phi) is 3.01.